The van der Waals surface area contributed by atoms with Crippen LogP contribution in [-0.4, -0.2) is 37.4 Å². The summed E-state index contributed by atoms with van der Waals surface area (Å²) >= 11 is 0. The van der Waals surface area contributed by atoms with E-state index in [1.165, 1.54) is 12.8 Å². The molecule has 0 bridgehead atoms. The molecule has 0 aliphatic rings. The number of hydrogen-bond acceptors (Lipinski definition) is 5. The fourth-order valence-electron chi connectivity index (χ4n) is 2.43. The first kappa shape index (κ1) is 21.1. The lowest BCUT2D eigenvalue weighted by molar-refractivity contribution is 0.0528. The molecule has 0 unspecified atom stereocenters. The van der Waals surface area contributed by atoms with E-state index in [-0.39, 0.29) is 0 Å². The van der Waals surface area contributed by atoms with Gasteiger partial charge in [0.25, 0.3) is 0 Å². The summed E-state index contributed by atoms with van der Waals surface area (Å²) in [6.45, 7) is 8.09. The lowest BCUT2D eigenvalue weighted by Gasteiger charge is -2.19. The van der Waals surface area contributed by atoms with Gasteiger partial charge in [-0.15, -0.1) is 0 Å². The van der Waals surface area contributed by atoms with Gasteiger partial charge in [0, 0.05) is 18.5 Å². The predicted molar refractivity (Wildman–Crippen MR) is 98.5 cm³/mol. The second kappa shape index (κ2) is 10.1. The van der Waals surface area contributed by atoms with Crippen molar-refractivity contribution < 1.29 is 19.0 Å². The van der Waals surface area contributed by atoms with Crippen LogP contribution in [0.4, 0.5) is 4.79 Å². The van der Waals surface area contributed by atoms with E-state index in [1.54, 1.807) is 14.2 Å². The Kier molecular flexibility index (Phi) is 8.52. The summed E-state index contributed by atoms with van der Waals surface area (Å²) in [4.78, 5) is 16.3. The molecule has 0 aliphatic heterocycles. The number of ether oxygens (including phenoxy) is 3. The van der Waals surface area contributed by atoms with Gasteiger partial charge in [-0.25, -0.2) is 9.78 Å². The zero-order chi connectivity index (χ0) is 18.9. The Morgan fingerprint density at radius 3 is 2.44 bits per heavy atom. The molecule has 0 spiro atoms. The number of alkyl carbamates (subject to hydrolysis) is 1. The first-order chi connectivity index (χ1) is 11.8. The van der Waals surface area contributed by atoms with Crippen molar-refractivity contribution >= 4 is 6.09 Å². The summed E-state index contributed by atoms with van der Waals surface area (Å²) in [5.41, 5.74) is 1.30. The zero-order valence-corrected chi connectivity index (χ0v) is 16.4. The second-order valence-electron chi connectivity index (χ2n) is 6.94. The first-order valence-electron chi connectivity index (χ1n) is 8.88. The number of carbonyl (C=O) groups excluding carboxylic acids is 1. The molecular weight excluding hydrogens is 320 g/mol. The summed E-state index contributed by atoms with van der Waals surface area (Å²) in [6, 6.07) is 1.99. The van der Waals surface area contributed by atoms with Gasteiger partial charge in [-0.05, 0) is 39.7 Å². The van der Waals surface area contributed by atoms with Crippen molar-refractivity contribution in [1.82, 2.24) is 10.3 Å². The van der Waals surface area contributed by atoms with E-state index in [9.17, 15) is 4.79 Å². The normalized spacial score (nSPS) is 11.1. The van der Waals surface area contributed by atoms with Crippen molar-refractivity contribution in [3.63, 3.8) is 0 Å². The fraction of sp³-hybridized carbons (Fsp3) is 0.684. The predicted octanol–water partition coefficient (Wildman–Crippen LogP) is 3.90. The van der Waals surface area contributed by atoms with E-state index < -0.39 is 11.7 Å². The van der Waals surface area contributed by atoms with Crippen LogP contribution < -0.4 is 14.8 Å². The van der Waals surface area contributed by atoms with Crippen LogP contribution in [-0.2, 0) is 17.6 Å². The molecule has 1 heterocycles. The molecule has 6 heteroatoms. The van der Waals surface area contributed by atoms with Crippen LogP contribution in [0.15, 0.2) is 6.07 Å². The lowest BCUT2D eigenvalue weighted by Crippen LogP contribution is -2.33. The average molecular weight is 352 g/mol. The Balaban J connectivity index is 2.73. The number of hydrogen-bond donors (Lipinski definition) is 1. The van der Waals surface area contributed by atoms with Crippen molar-refractivity contribution in [3.8, 4) is 11.6 Å². The van der Waals surface area contributed by atoms with Crippen molar-refractivity contribution in [2.75, 3.05) is 20.8 Å². The number of rotatable bonds is 9. The largest absolute Gasteiger partial charge is 0.495 e. The molecule has 25 heavy (non-hydrogen) atoms. The van der Waals surface area contributed by atoms with E-state index in [2.05, 4.69) is 17.2 Å². The van der Waals surface area contributed by atoms with Crippen molar-refractivity contribution in [3.05, 3.63) is 17.3 Å². The molecule has 0 saturated carbocycles. The minimum atomic E-state index is -0.511. The maximum atomic E-state index is 11.7. The van der Waals surface area contributed by atoms with E-state index in [4.69, 9.17) is 14.2 Å². The van der Waals surface area contributed by atoms with E-state index in [1.807, 2.05) is 26.8 Å². The zero-order valence-electron chi connectivity index (χ0n) is 16.4. The third-order valence-electron chi connectivity index (χ3n) is 3.59. The highest BCUT2D eigenvalue weighted by Crippen LogP contribution is 2.27. The van der Waals surface area contributed by atoms with Gasteiger partial charge in [0.05, 0.1) is 19.9 Å². The molecule has 0 aromatic carbocycles. The molecule has 1 rings (SSSR count). The van der Waals surface area contributed by atoms with Crippen molar-refractivity contribution in [2.45, 2.75) is 65.4 Å². The fourth-order valence-corrected chi connectivity index (χ4v) is 2.43. The van der Waals surface area contributed by atoms with Crippen LogP contribution in [0, 0.1) is 0 Å². The van der Waals surface area contributed by atoms with Crippen LogP contribution in [0.25, 0.3) is 0 Å². The molecular formula is C19H32N2O4. The Morgan fingerprint density at radius 1 is 1.16 bits per heavy atom. The smallest absolute Gasteiger partial charge is 0.407 e. The lowest BCUT2D eigenvalue weighted by atomic mass is 10.1. The van der Waals surface area contributed by atoms with Crippen LogP contribution in [0.2, 0.25) is 0 Å². The van der Waals surface area contributed by atoms with E-state index in [0.717, 1.165) is 29.8 Å². The van der Waals surface area contributed by atoms with Gasteiger partial charge in [-0.1, -0.05) is 19.8 Å². The second-order valence-corrected chi connectivity index (χ2v) is 6.94. The van der Waals surface area contributed by atoms with Crippen LogP contribution in [0.5, 0.6) is 11.6 Å². The van der Waals surface area contributed by atoms with Gasteiger partial charge in [0.1, 0.15) is 11.4 Å². The number of nitrogens with one attached hydrogen (secondary N) is 1. The third-order valence-corrected chi connectivity index (χ3v) is 3.59. The molecule has 142 valence electrons. The Hall–Kier alpha value is -1.98. The Labute approximate surface area is 151 Å². The number of nitrogens with zero attached hydrogens (tertiary/aromatic N) is 1. The molecule has 1 amide bonds. The Morgan fingerprint density at radius 2 is 1.88 bits per heavy atom. The Bertz CT molecular complexity index is 553. The summed E-state index contributed by atoms with van der Waals surface area (Å²) in [5, 5.41) is 2.74. The van der Waals surface area contributed by atoms with Gasteiger partial charge < -0.3 is 19.5 Å². The number of methoxy groups -OCH3 is 2. The maximum Gasteiger partial charge on any atom is 0.407 e. The summed E-state index contributed by atoms with van der Waals surface area (Å²) in [7, 11) is 3.25. The van der Waals surface area contributed by atoms with Gasteiger partial charge in [0.2, 0.25) is 5.88 Å². The van der Waals surface area contributed by atoms with Crippen molar-refractivity contribution in [2.24, 2.45) is 0 Å². The molecule has 0 aliphatic carbocycles. The minimum absolute atomic E-state index is 0.413. The topological polar surface area (TPSA) is 69.7 Å². The monoisotopic (exact) mass is 352 g/mol. The molecule has 0 fully saturated rings. The average Bonchev–Trinajstić information content (AvgIpc) is 2.53. The number of amides is 1. The summed E-state index contributed by atoms with van der Waals surface area (Å²) in [6.07, 6.45) is 4.45. The summed E-state index contributed by atoms with van der Waals surface area (Å²) < 4.78 is 16.1. The van der Waals surface area contributed by atoms with Gasteiger partial charge >= 0.3 is 6.09 Å². The molecule has 1 aromatic rings. The van der Waals surface area contributed by atoms with Crippen molar-refractivity contribution in [1.29, 1.82) is 0 Å². The number of pyridine rings is 1. The first-order valence-corrected chi connectivity index (χ1v) is 8.88. The van der Waals surface area contributed by atoms with Gasteiger partial charge in [-0.2, -0.15) is 0 Å². The molecule has 1 N–H and O–H groups in total. The molecule has 0 atom stereocenters. The van der Waals surface area contributed by atoms with Gasteiger partial charge in [0.15, 0.2) is 0 Å². The SMILES string of the molecule is CCCCCc1cc(OC)c(CCNC(=O)OC(C)(C)C)nc1OC. The maximum absolute atomic E-state index is 11.7. The van der Waals surface area contributed by atoms with E-state index in [0.29, 0.717) is 18.8 Å². The van der Waals surface area contributed by atoms with Crippen LogP contribution >= 0.6 is 0 Å². The van der Waals surface area contributed by atoms with Crippen LogP contribution in [0.3, 0.4) is 0 Å². The number of carbonyl (C=O) groups is 1. The highest BCUT2D eigenvalue weighted by molar-refractivity contribution is 5.67. The standard InChI is InChI=1S/C19H32N2O4/c1-7-8-9-10-14-13-16(23-5)15(21-17(14)24-6)11-12-20-18(22)25-19(2,3)4/h13H,7-12H2,1-6H3,(H,20,22). The highest BCUT2D eigenvalue weighted by Gasteiger charge is 2.17. The third kappa shape index (κ3) is 7.63. The van der Waals surface area contributed by atoms with Crippen LogP contribution in [0.1, 0.15) is 58.2 Å². The summed E-state index contributed by atoms with van der Waals surface area (Å²) in [5.74, 6) is 1.35. The van der Waals surface area contributed by atoms with Gasteiger partial charge in [-0.3, -0.25) is 0 Å². The quantitative estimate of drug-likeness (QED) is 0.683. The molecule has 0 radical (unpaired) electrons. The highest BCUT2D eigenvalue weighted by atomic mass is 16.6. The molecule has 1 aromatic heterocycles. The number of aromatic nitrogens is 1. The number of unbranched alkanes of at least 4 members (excludes halogenated alkanes) is 2. The minimum Gasteiger partial charge on any atom is -0.495 e. The molecule has 0 saturated heterocycles. The van der Waals surface area contributed by atoms with E-state index >= 15 is 0 Å². The molecule has 6 nitrogen and oxygen atoms in total. The number of aryl methyl sites for hydroxylation is 1.